The number of benzene rings is 1. The SMILES string of the molecule is CC(O)C1CCN(Cc2cc(C(F)(F)F)ccc2F)CC1. The van der Waals surface area contributed by atoms with Crippen LogP contribution in [-0.4, -0.2) is 29.2 Å². The first-order valence-corrected chi connectivity index (χ1v) is 7.03. The van der Waals surface area contributed by atoms with Crippen LogP contribution < -0.4 is 0 Å². The topological polar surface area (TPSA) is 23.5 Å². The zero-order chi connectivity index (χ0) is 15.6. The van der Waals surface area contributed by atoms with Crippen LogP contribution in [0.25, 0.3) is 0 Å². The highest BCUT2D eigenvalue weighted by Gasteiger charge is 2.31. The third-order valence-corrected chi connectivity index (χ3v) is 4.08. The monoisotopic (exact) mass is 305 g/mol. The number of alkyl halides is 3. The smallest absolute Gasteiger partial charge is 0.393 e. The fourth-order valence-corrected chi connectivity index (χ4v) is 2.71. The van der Waals surface area contributed by atoms with E-state index >= 15 is 0 Å². The molecule has 1 N–H and O–H groups in total. The van der Waals surface area contributed by atoms with Crippen molar-refractivity contribution < 1.29 is 22.7 Å². The van der Waals surface area contributed by atoms with Crippen molar-refractivity contribution in [3.05, 3.63) is 35.1 Å². The molecule has 1 atom stereocenters. The number of hydrogen-bond donors (Lipinski definition) is 1. The predicted molar refractivity (Wildman–Crippen MR) is 71.1 cm³/mol. The van der Waals surface area contributed by atoms with Gasteiger partial charge in [0.25, 0.3) is 0 Å². The molecule has 0 aliphatic carbocycles. The summed E-state index contributed by atoms with van der Waals surface area (Å²) in [5, 5.41) is 9.52. The van der Waals surface area contributed by atoms with Crippen molar-refractivity contribution in [3.8, 4) is 0 Å². The number of hydrogen-bond acceptors (Lipinski definition) is 2. The Hall–Kier alpha value is -1.14. The summed E-state index contributed by atoms with van der Waals surface area (Å²) in [7, 11) is 0. The first-order chi connectivity index (χ1) is 9.77. The summed E-state index contributed by atoms with van der Waals surface area (Å²) in [6.07, 6.45) is -3.28. The van der Waals surface area contributed by atoms with E-state index in [1.807, 2.05) is 4.90 Å². The second-order valence-corrected chi connectivity index (χ2v) is 5.66. The van der Waals surface area contributed by atoms with Gasteiger partial charge >= 0.3 is 6.18 Å². The van der Waals surface area contributed by atoms with Gasteiger partial charge in [-0.05, 0) is 57.0 Å². The molecule has 6 heteroatoms. The second-order valence-electron chi connectivity index (χ2n) is 5.66. The maximum atomic E-state index is 13.7. The summed E-state index contributed by atoms with van der Waals surface area (Å²) >= 11 is 0. The molecule has 0 radical (unpaired) electrons. The molecule has 0 spiro atoms. The van der Waals surface area contributed by atoms with E-state index in [0.29, 0.717) is 13.1 Å². The molecule has 0 amide bonds. The molecule has 1 aromatic rings. The van der Waals surface area contributed by atoms with Crippen LogP contribution in [0, 0.1) is 11.7 Å². The van der Waals surface area contributed by atoms with E-state index in [2.05, 4.69) is 0 Å². The molecule has 21 heavy (non-hydrogen) atoms. The molecule has 1 unspecified atom stereocenters. The molecule has 1 fully saturated rings. The van der Waals surface area contributed by atoms with E-state index in [4.69, 9.17) is 0 Å². The van der Waals surface area contributed by atoms with Crippen LogP contribution in [0.4, 0.5) is 17.6 Å². The van der Waals surface area contributed by atoms with Gasteiger partial charge < -0.3 is 5.11 Å². The average molecular weight is 305 g/mol. The van der Waals surface area contributed by atoms with Crippen molar-refractivity contribution in [3.63, 3.8) is 0 Å². The average Bonchev–Trinajstić information content (AvgIpc) is 2.40. The largest absolute Gasteiger partial charge is 0.416 e. The van der Waals surface area contributed by atoms with Gasteiger partial charge in [0.05, 0.1) is 11.7 Å². The zero-order valence-corrected chi connectivity index (χ0v) is 11.8. The Morgan fingerprint density at radius 1 is 1.29 bits per heavy atom. The molecule has 118 valence electrons. The molecular weight excluding hydrogens is 286 g/mol. The van der Waals surface area contributed by atoms with Gasteiger partial charge in [0.15, 0.2) is 0 Å². The standard InChI is InChI=1S/C15H19F4NO/c1-10(21)11-4-6-20(7-5-11)9-12-8-13(15(17,18)19)2-3-14(12)16/h2-3,8,10-11,21H,4-7,9H2,1H3. The lowest BCUT2D eigenvalue weighted by Gasteiger charge is -2.33. The Labute approximate surface area is 121 Å². The van der Waals surface area contributed by atoms with Gasteiger partial charge in [-0.25, -0.2) is 4.39 Å². The van der Waals surface area contributed by atoms with Gasteiger partial charge in [0, 0.05) is 12.1 Å². The minimum absolute atomic E-state index is 0.0697. The molecule has 0 aromatic heterocycles. The summed E-state index contributed by atoms with van der Waals surface area (Å²) in [5.74, 6) is -0.395. The number of nitrogens with zero attached hydrogens (tertiary/aromatic N) is 1. The van der Waals surface area contributed by atoms with Crippen molar-refractivity contribution in [2.24, 2.45) is 5.92 Å². The lowest BCUT2D eigenvalue weighted by Crippen LogP contribution is -2.36. The molecule has 2 rings (SSSR count). The van der Waals surface area contributed by atoms with Crippen molar-refractivity contribution in [1.82, 2.24) is 4.90 Å². The minimum atomic E-state index is -4.46. The number of likely N-dealkylation sites (tertiary alicyclic amines) is 1. The van der Waals surface area contributed by atoms with Crippen LogP contribution in [0.3, 0.4) is 0 Å². The van der Waals surface area contributed by atoms with Crippen molar-refractivity contribution in [1.29, 1.82) is 0 Å². The van der Waals surface area contributed by atoms with E-state index in [0.717, 1.165) is 31.0 Å². The van der Waals surface area contributed by atoms with Gasteiger partial charge in [0.2, 0.25) is 0 Å². The van der Waals surface area contributed by atoms with Crippen LogP contribution in [0.15, 0.2) is 18.2 Å². The zero-order valence-electron chi connectivity index (χ0n) is 11.8. The molecule has 1 heterocycles. The van der Waals surface area contributed by atoms with Gasteiger partial charge in [0.1, 0.15) is 5.82 Å². The quantitative estimate of drug-likeness (QED) is 0.865. The van der Waals surface area contributed by atoms with Crippen molar-refractivity contribution in [2.45, 2.75) is 38.6 Å². The first kappa shape index (κ1) is 16.2. The summed E-state index contributed by atoms with van der Waals surface area (Å²) in [5.41, 5.74) is -0.752. The number of halogens is 4. The Balaban J connectivity index is 2.03. The summed E-state index contributed by atoms with van der Waals surface area (Å²) in [6.45, 7) is 3.23. The highest BCUT2D eigenvalue weighted by Crippen LogP contribution is 2.31. The Kier molecular flexibility index (Phi) is 4.88. The van der Waals surface area contributed by atoms with Crippen molar-refractivity contribution in [2.75, 3.05) is 13.1 Å². The van der Waals surface area contributed by atoms with E-state index in [1.54, 1.807) is 6.92 Å². The fourth-order valence-electron chi connectivity index (χ4n) is 2.71. The van der Waals surface area contributed by atoms with Gasteiger partial charge in [-0.3, -0.25) is 4.90 Å². The number of aliphatic hydroxyl groups excluding tert-OH is 1. The second kappa shape index (κ2) is 6.32. The van der Waals surface area contributed by atoms with E-state index < -0.39 is 17.6 Å². The maximum Gasteiger partial charge on any atom is 0.416 e. The van der Waals surface area contributed by atoms with Gasteiger partial charge in [-0.2, -0.15) is 13.2 Å². The normalized spacial score (nSPS) is 19.7. The molecular formula is C15H19F4NO. The third-order valence-electron chi connectivity index (χ3n) is 4.08. The fraction of sp³-hybridized carbons (Fsp3) is 0.600. The Bertz CT molecular complexity index is 479. The Morgan fingerprint density at radius 3 is 2.43 bits per heavy atom. The molecule has 0 bridgehead atoms. The molecule has 1 saturated heterocycles. The molecule has 0 saturated carbocycles. The van der Waals surface area contributed by atoms with Crippen LogP contribution in [0.2, 0.25) is 0 Å². The predicted octanol–water partition coefficient (Wildman–Crippen LogP) is 3.44. The van der Waals surface area contributed by atoms with Crippen LogP contribution in [-0.2, 0) is 12.7 Å². The van der Waals surface area contributed by atoms with Crippen LogP contribution >= 0.6 is 0 Å². The number of piperidine rings is 1. The van der Waals surface area contributed by atoms with E-state index in [1.165, 1.54) is 0 Å². The summed E-state index contributed by atoms with van der Waals surface area (Å²) in [4.78, 5) is 1.93. The summed E-state index contributed by atoms with van der Waals surface area (Å²) in [6, 6.07) is 2.52. The summed E-state index contributed by atoms with van der Waals surface area (Å²) < 4.78 is 51.6. The van der Waals surface area contributed by atoms with E-state index in [-0.39, 0.29) is 24.1 Å². The van der Waals surface area contributed by atoms with Crippen LogP contribution in [0.1, 0.15) is 30.9 Å². The lowest BCUT2D eigenvalue weighted by atomic mass is 9.92. The molecule has 2 nitrogen and oxygen atoms in total. The van der Waals surface area contributed by atoms with E-state index in [9.17, 15) is 22.7 Å². The Morgan fingerprint density at radius 2 is 1.90 bits per heavy atom. The highest BCUT2D eigenvalue weighted by molar-refractivity contribution is 5.27. The maximum absolute atomic E-state index is 13.7. The van der Waals surface area contributed by atoms with Gasteiger partial charge in [-0.15, -0.1) is 0 Å². The molecule has 1 aliphatic heterocycles. The first-order valence-electron chi connectivity index (χ1n) is 7.03. The van der Waals surface area contributed by atoms with Gasteiger partial charge in [-0.1, -0.05) is 0 Å². The van der Waals surface area contributed by atoms with Crippen molar-refractivity contribution >= 4 is 0 Å². The third kappa shape index (κ3) is 4.17. The number of aliphatic hydroxyl groups is 1. The highest BCUT2D eigenvalue weighted by atomic mass is 19.4. The lowest BCUT2D eigenvalue weighted by molar-refractivity contribution is -0.137. The number of rotatable bonds is 3. The minimum Gasteiger partial charge on any atom is -0.393 e. The molecule has 1 aromatic carbocycles. The molecule has 1 aliphatic rings. The van der Waals surface area contributed by atoms with Crippen LogP contribution in [0.5, 0.6) is 0 Å².